The second-order valence-corrected chi connectivity index (χ2v) is 5.05. The molecule has 5 nitrogen and oxygen atoms in total. The van der Waals surface area contributed by atoms with E-state index >= 15 is 0 Å². The molecule has 0 saturated carbocycles. The second-order valence-electron chi connectivity index (χ2n) is 5.05. The molecule has 1 aromatic carbocycles. The standard InChI is InChI=1S/C17H26N4O.HI/c1-3-18-17(19-10-7-11-22-4-2)20-13-15-12-14-8-5-6-9-16(14)21-15;/h5-6,8-9,12,21H,3-4,7,10-11,13H2,1-2H3,(H2,18,19,20);1H. The second kappa shape index (κ2) is 11.3. The summed E-state index contributed by atoms with van der Waals surface area (Å²) in [6.45, 7) is 7.98. The van der Waals surface area contributed by atoms with Gasteiger partial charge in [-0.2, -0.15) is 0 Å². The molecule has 6 heteroatoms. The summed E-state index contributed by atoms with van der Waals surface area (Å²) >= 11 is 0. The normalized spacial score (nSPS) is 11.3. The zero-order valence-corrected chi connectivity index (χ0v) is 16.2. The van der Waals surface area contributed by atoms with Gasteiger partial charge in [0.25, 0.3) is 0 Å². The number of nitrogens with zero attached hydrogens (tertiary/aromatic N) is 1. The Hall–Kier alpha value is -1.28. The molecule has 0 amide bonds. The van der Waals surface area contributed by atoms with Gasteiger partial charge < -0.3 is 20.4 Å². The minimum atomic E-state index is 0. The number of halogens is 1. The van der Waals surface area contributed by atoms with Gasteiger partial charge in [-0.25, -0.2) is 4.99 Å². The molecule has 0 aliphatic heterocycles. The maximum Gasteiger partial charge on any atom is 0.191 e. The van der Waals surface area contributed by atoms with Crippen molar-refractivity contribution < 1.29 is 4.74 Å². The Labute approximate surface area is 155 Å². The van der Waals surface area contributed by atoms with Crippen molar-refractivity contribution in [3.63, 3.8) is 0 Å². The van der Waals surface area contributed by atoms with E-state index in [4.69, 9.17) is 4.74 Å². The minimum absolute atomic E-state index is 0. The predicted octanol–water partition coefficient (Wildman–Crippen LogP) is 3.27. The maximum atomic E-state index is 5.33. The largest absolute Gasteiger partial charge is 0.382 e. The average molecular weight is 430 g/mol. The van der Waals surface area contributed by atoms with E-state index in [1.807, 2.05) is 19.1 Å². The molecule has 0 spiro atoms. The summed E-state index contributed by atoms with van der Waals surface area (Å²) in [4.78, 5) is 8.01. The van der Waals surface area contributed by atoms with Gasteiger partial charge in [-0.05, 0) is 37.8 Å². The van der Waals surface area contributed by atoms with E-state index < -0.39 is 0 Å². The van der Waals surface area contributed by atoms with Crippen LogP contribution < -0.4 is 10.6 Å². The fraction of sp³-hybridized carbons (Fsp3) is 0.471. The van der Waals surface area contributed by atoms with Gasteiger partial charge >= 0.3 is 0 Å². The van der Waals surface area contributed by atoms with Crippen molar-refractivity contribution in [2.24, 2.45) is 4.99 Å². The number of H-pyrrole nitrogens is 1. The summed E-state index contributed by atoms with van der Waals surface area (Å²) in [5, 5.41) is 7.81. The molecule has 3 N–H and O–H groups in total. The van der Waals surface area contributed by atoms with E-state index in [1.165, 1.54) is 5.39 Å². The van der Waals surface area contributed by atoms with Gasteiger partial charge in [-0.3, -0.25) is 0 Å². The Kier molecular flexibility index (Phi) is 9.70. The highest BCUT2D eigenvalue weighted by Crippen LogP contribution is 2.14. The lowest BCUT2D eigenvalue weighted by atomic mass is 10.2. The Bertz CT molecular complexity index is 564. The van der Waals surface area contributed by atoms with Crippen molar-refractivity contribution >= 4 is 40.8 Å². The lowest BCUT2D eigenvalue weighted by Crippen LogP contribution is -2.38. The zero-order chi connectivity index (χ0) is 15.6. The van der Waals surface area contributed by atoms with Gasteiger partial charge in [0.05, 0.1) is 6.54 Å². The van der Waals surface area contributed by atoms with Crippen LogP contribution in [0.5, 0.6) is 0 Å². The van der Waals surface area contributed by atoms with Crippen LogP contribution >= 0.6 is 24.0 Å². The summed E-state index contributed by atoms with van der Waals surface area (Å²) in [6.07, 6.45) is 0.977. The number of aliphatic imine (C=N–C) groups is 1. The molecule has 1 aromatic heterocycles. The fourth-order valence-corrected chi connectivity index (χ4v) is 2.25. The van der Waals surface area contributed by atoms with Gasteiger partial charge in [-0.15, -0.1) is 24.0 Å². The van der Waals surface area contributed by atoms with Gasteiger partial charge in [0.1, 0.15) is 0 Å². The Morgan fingerprint density at radius 2 is 2.04 bits per heavy atom. The molecule has 0 saturated heterocycles. The molecule has 0 aliphatic carbocycles. The van der Waals surface area contributed by atoms with Crippen molar-refractivity contribution in [3.05, 3.63) is 36.0 Å². The summed E-state index contributed by atoms with van der Waals surface area (Å²) < 4.78 is 5.33. The molecule has 23 heavy (non-hydrogen) atoms. The monoisotopic (exact) mass is 430 g/mol. The van der Waals surface area contributed by atoms with E-state index in [9.17, 15) is 0 Å². The van der Waals surface area contributed by atoms with Crippen molar-refractivity contribution in [2.75, 3.05) is 26.3 Å². The molecule has 0 fully saturated rings. The number of hydrogen-bond donors (Lipinski definition) is 3. The van der Waals surface area contributed by atoms with Crippen LogP contribution in [0.25, 0.3) is 10.9 Å². The van der Waals surface area contributed by atoms with Gasteiger partial charge in [0.2, 0.25) is 0 Å². The number of rotatable bonds is 8. The number of ether oxygens (including phenoxy) is 1. The molecule has 0 radical (unpaired) electrons. The third-order valence-corrected chi connectivity index (χ3v) is 3.30. The van der Waals surface area contributed by atoms with E-state index in [-0.39, 0.29) is 24.0 Å². The van der Waals surface area contributed by atoms with Gasteiger partial charge in [0, 0.05) is 37.5 Å². The number of fused-ring (bicyclic) bond motifs is 1. The lowest BCUT2D eigenvalue weighted by Gasteiger charge is -2.10. The van der Waals surface area contributed by atoms with E-state index in [2.05, 4.69) is 45.7 Å². The predicted molar refractivity (Wildman–Crippen MR) is 108 cm³/mol. The fourth-order valence-electron chi connectivity index (χ4n) is 2.25. The third kappa shape index (κ3) is 6.78. The van der Waals surface area contributed by atoms with Crippen molar-refractivity contribution in [1.29, 1.82) is 0 Å². The maximum absolute atomic E-state index is 5.33. The first kappa shape index (κ1) is 19.8. The highest BCUT2D eigenvalue weighted by atomic mass is 127. The summed E-state index contributed by atoms with van der Waals surface area (Å²) in [5.74, 6) is 0.845. The quantitative estimate of drug-likeness (QED) is 0.261. The summed E-state index contributed by atoms with van der Waals surface area (Å²) in [5.41, 5.74) is 2.27. The molecular weight excluding hydrogens is 403 g/mol. The number of aromatic amines is 1. The first-order valence-corrected chi connectivity index (χ1v) is 8.00. The first-order valence-electron chi connectivity index (χ1n) is 8.00. The highest BCUT2D eigenvalue weighted by molar-refractivity contribution is 14.0. The molecular formula is C17H27IN4O. The Morgan fingerprint density at radius 3 is 2.78 bits per heavy atom. The average Bonchev–Trinajstić information content (AvgIpc) is 2.95. The SMILES string of the molecule is CCNC(=NCc1cc2ccccc2[nH]1)NCCCOCC.I. The number of para-hydroxylation sites is 1. The van der Waals surface area contributed by atoms with Crippen molar-refractivity contribution in [1.82, 2.24) is 15.6 Å². The van der Waals surface area contributed by atoms with Gasteiger partial charge in [-0.1, -0.05) is 18.2 Å². The van der Waals surface area contributed by atoms with Crippen molar-refractivity contribution in [3.8, 4) is 0 Å². The molecule has 0 unspecified atom stereocenters. The van der Waals surface area contributed by atoms with Crippen LogP contribution in [-0.4, -0.2) is 37.2 Å². The van der Waals surface area contributed by atoms with Gasteiger partial charge in [0.15, 0.2) is 5.96 Å². The number of benzene rings is 1. The van der Waals surface area contributed by atoms with Crippen LogP contribution in [-0.2, 0) is 11.3 Å². The molecule has 1 heterocycles. The van der Waals surface area contributed by atoms with Crippen LogP contribution in [0.2, 0.25) is 0 Å². The highest BCUT2D eigenvalue weighted by Gasteiger charge is 2.01. The number of hydrogen-bond acceptors (Lipinski definition) is 2. The molecule has 2 aromatic rings. The molecule has 128 valence electrons. The Morgan fingerprint density at radius 1 is 1.22 bits per heavy atom. The number of guanidine groups is 1. The van der Waals surface area contributed by atoms with E-state index in [0.29, 0.717) is 6.54 Å². The number of aromatic nitrogens is 1. The zero-order valence-electron chi connectivity index (χ0n) is 13.9. The minimum Gasteiger partial charge on any atom is -0.382 e. The third-order valence-electron chi connectivity index (χ3n) is 3.30. The first-order chi connectivity index (χ1) is 10.8. The van der Waals surface area contributed by atoms with Crippen molar-refractivity contribution in [2.45, 2.75) is 26.8 Å². The summed E-state index contributed by atoms with van der Waals surface area (Å²) in [7, 11) is 0. The summed E-state index contributed by atoms with van der Waals surface area (Å²) in [6, 6.07) is 10.4. The van der Waals surface area contributed by atoms with Crippen LogP contribution in [0.3, 0.4) is 0 Å². The van der Waals surface area contributed by atoms with Crippen LogP contribution in [0.4, 0.5) is 0 Å². The molecule has 2 rings (SSSR count). The van der Waals surface area contributed by atoms with Crippen LogP contribution in [0.1, 0.15) is 26.0 Å². The Balaban J connectivity index is 0.00000264. The number of nitrogens with one attached hydrogen (secondary N) is 3. The smallest absolute Gasteiger partial charge is 0.191 e. The van der Waals surface area contributed by atoms with Crippen LogP contribution in [0.15, 0.2) is 35.3 Å². The lowest BCUT2D eigenvalue weighted by molar-refractivity contribution is 0.145. The topological polar surface area (TPSA) is 61.4 Å². The molecule has 0 aliphatic rings. The molecule has 0 bridgehead atoms. The van der Waals surface area contributed by atoms with E-state index in [0.717, 1.165) is 49.9 Å². The van der Waals surface area contributed by atoms with Crippen LogP contribution in [0, 0.1) is 0 Å². The van der Waals surface area contributed by atoms with E-state index in [1.54, 1.807) is 0 Å². The molecule has 0 atom stereocenters.